The SMILES string of the molecule is CC(C)[C@H](N)C(=O)NCC(=O)Nc1ccc2[nH]ncc2c1. The number of hydrogen-bond donors (Lipinski definition) is 4. The number of hydrogen-bond acceptors (Lipinski definition) is 4. The molecule has 1 heterocycles. The molecule has 0 fully saturated rings. The number of benzene rings is 1. The molecule has 0 aliphatic carbocycles. The van der Waals surface area contributed by atoms with E-state index in [1.165, 1.54) is 0 Å². The zero-order valence-corrected chi connectivity index (χ0v) is 12.0. The molecule has 0 unspecified atom stereocenters. The van der Waals surface area contributed by atoms with Crippen LogP contribution in [-0.2, 0) is 9.59 Å². The summed E-state index contributed by atoms with van der Waals surface area (Å²) in [4.78, 5) is 23.4. The Labute approximate surface area is 122 Å². The Morgan fingerprint density at radius 2 is 2.14 bits per heavy atom. The minimum atomic E-state index is -0.611. The fourth-order valence-corrected chi connectivity index (χ4v) is 1.81. The summed E-state index contributed by atoms with van der Waals surface area (Å²) in [6, 6.07) is 4.78. The smallest absolute Gasteiger partial charge is 0.243 e. The molecule has 0 bridgehead atoms. The Bertz CT molecular complexity index is 650. The molecule has 112 valence electrons. The quantitative estimate of drug-likeness (QED) is 0.645. The highest BCUT2D eigenvalue weighted by atomic mass is 16.2. The molecule has 0 aliphatic rings. The standard InChI is InChI=1S/C14H19N5O2/c1-8(2)13(15)14(21)16-7-12(20)18-10-3-4-11-9(5-10)6-17-19-11/h3-6,8,13H,7,15H2,1-2H3,(H,16,21)(H,17,19)(H,18,20)/t13-/m0/s1. The van der Waals surface area contributed by atoms with E-state index in [1.54, 1.807) is 18.3 Å². The second kappa shape index (κ2) is 6.36. The Balaban J connectivity index is 1.88. The Hall–Kier alpha value is -2.41. The van der Waals surface area contributed by atoms with E-state index in [9.17, 15) is 9.59 Å². The van der Waals surface area contributed by atoms with E-state index in [2.05, 4.69) is 20.8 Å². The monoisotopic (exact) mass is 289 g/mol. The third kappa shape index (κ3) is 3.79. The summed E-state index contributed by atoms with van der Waals surface area (Å²) >= 11 is 0. The lowest BCUT2D eigenvalue weighted by Crippen LogP contribution is -2.46. The number of aromatic nitrogens is 2. The van der Waals surface area contributed by atoms with Crippen LogP contribution in [0.2, 0.25) is 0 Å². The van der Waals surface area contributed by atoms with E-state index in [1.807, 2.05) is 19.9 Å². The van der Waals surface area contributed by atoms with Crippen molar-refractivity contribution < 1.29 is 9.59 Å². The number of nitrogens with zero attached hydrogens (tertiary/aromatic N) is 1. The van der Waals surface area contributed by atoms with Crippen molar-refractivity contribution in [2.45, 2.75) is 19.9 Å². The second-order valence-corrected chi connectivity index (χ2v) is 5.21. The molecule has 2 aromatic rings. The number of aromatic amines is 1. The van der Waals surface area contributed by atoms with Gasteiger partial charge in [-0.2, -0.15) is 5.10 Å². The van der Waals surface area contributed by atoms with Crippen molar-refractivity contribution in [2.24, 2.45) is 11.7 Å². The Morgan fingerprint density at radius 1 is 1.38 bits per heavy atom. The van der Waals surface area contributed by atoms with Crippen LogP contribution in [0.15, 0.2) is 24.4 Å². The summed E-state index contributed by atoms with van der Waals surface area (Å²) in [5, 5.41) is 12.9. The molecule has 0 saturated carbocycles. The first-order valence-electron chi connectivity index (χ1n) is 6.73. The lowest BCUT2D eigenvalue weighted by atomic mass is 10.1. The predicted molar refractivity (Wildman–Crippen MR) is 80.5 cm³/mol. The Morgan fingerprint density at radius 3 is 2.86 bits per heavy atom. The highest BCUT2D eigenvalue weighted by molar-refractivity contribution is 5.96. The lowest BCUT2D eigenvalue weighted by molar-refractivity contribution is -0.125. The van der Waals surface area contributed by atoms with Gasteiger partial charge in [0.15, 0.2) is 0 Å². The minimum absolute atomic E-state index is 0.0246. The van der Waals surface area contributed by atoms with Crippen molar-refractivity contribution in [3.8, 4) is 0 Å². The third-order valence-corrected chi connectivity index (χ3v) is 3.17. The molecule has 1 aromatic carbocycles. The zero-order valence-electron chi connectivity index (χ0n) is 12.0. The molecule has 1 aromatic heterocycles. The van der Waals surface area contributed by atoms with Gasteiger partial charge in [0, 0.05) is 11.1 Å². The van der Waals surface area contributed by atoms with Crippen molar-refractivity contribution in [2.75, 3.05) is 11.9 Å². The van der Waals surface area contributed by atoms with Crippen LogP contribution in [0.1, 0.15) is 13.8 Å². The number of fused-ring (bicyclic) bond motifs is 1. The van der Waals surface area contributed by atoms with Gasteiger partial charge in [0.2, 0.25) is 11.8 Å². The normalized spacial score (nSPS) is 12.4. The molecule has 0 radical (unpaired) electrons. The summed E-state index contributed by atoms with van der Waals surface area (Å²) < 4.78 is 0. The lowest BCUT2D eigenvalue weighted by Gasteiger charge is -2.15. The predicted octanol–water partition coefficient (Wildman–Crippen LogP) is 0.601. The van der Waals surface area contributed by atoms with Gasteiger partial charge in [0.1, 0.15) is 0 Å². The first kappa shape index (κ1) is 15.0. The number of nitrogens with two attached hydrogens (primary N) is 1. The van der Waals surface area contributed by atoms with E-state index in [0.29, 0.717) is 5.69 Å². The van der Waals surface area contributed by atoms with E-state index >= 15 is 0 Å². The maximum atomic E-state index is 11.8. The van der Waals surface area contributed by atoms with Crippen LogP contribution < -0.4 is 16.4 Å². The van der Waals surface area contributed by atoms with Crippen LogP contribution in [0.4, 0.5) is 5.69 Å². The fraction of sp³-hybridized carbons (Fsp3) is 0.357. The van der Waals surface area contributed by atoms with Crippen molar-refractivity contribution in [3.63, 3.8) is 0 Å². The van der Waals surface area contributed by atoms with Crippen LogP contribution >= 0.6 is 0 Å². The molecule has 0 saturated heterocycles. The van der Waals surface area contributed by atoms with Gasteiger partial charge in [-0.1, -0.05) is 13.8 Å². The molecule has 21 heavy (non-hydrogen) atoms. The molecule has 5 N–H and O–H groups in total. The fourth-order valence-electron chi connectivity index (χ4n) is 1.81. The summed E-state index contributed by atoms with van der Waals surface area (Å²) in [6.07, 6.45) is 1.68. The van der Waals surface area contributed by atoms with Crippen LogP contribution in [0.5, 0.6) is 0 Å². The van der Waals surface area contributed by atoms with E-state index < -0.39 is 6.04 Å². The van der Waals surface area contributed by atoms with Crippen LogP contribution in [0.3, 0.4) is 0 Å². The van der Waals surface area contributed by atoms with E-state index in [0.717, 1.165) is 10.9 Å². The highest BCUT2D eigenvalue weighted by Crippen LogP contribution is 2.16. The Kier molecular flexibility index (Phi) is 4.54. The minimum Gasteiger partial charge on any atom is -0.346 e. The topological polar surface area (TPSA) is 113 Å². The summed E-state index contributed by atoms with van der Waals surface area (Å²) in [7, 11) is 0. The van der Waals surface area contributed by atoms with Crippen LogP contribution in [0.25, 0.3) is 10.9 Å². The maximum absolute atomic E-state index is 11.8. The van der Waals surface area contributed by atoms with Gasteiger partial charge in [-0.25, -0.2) is 0 Å². The first-order valence-corrected chi connectivity index (χ1v) is 6.73. The van der Waals surface area contributed by atoms with Gasteiger partial charge < -0.3 is 16.4 Å². The summed E-state index contributed by atoms with van der Waals surface area (Å²) in [6.45, 7) is 3.59. The van der Waals surface area contributed by atoms with Gasteiger partial charge in [-0.3, -0.25) is 14.7 Å². The summed E-state index contributed by atoms with van der Waals surface area (Å²) in [5.41, 5.74) is 7.24. The largest absolute Gasteiger partial charge is 0.346 e. The average molecular weight is 289 g/mol. The highest BCUT2D eigenvalue weighted by Gasteiger charge is 2.17. The third-order valence-electron chi connectivity index (χ3n) is 3.17. The second-order valence-electron chi connectivity index (χ2n) is 5.21. The van der Waals surface area contributed by atoms with Gasteiger partial charge in [0.05, 0.1) is 24.3 Å². The molecule has 7 nitrogen and oxygen atoms in total. The number of nitrogens with one attached hydrogen (secondary N) is 3. The van der Waals surface area contributed by atoms with Crippen molar-refractivity contribution in [1.29, 1.82) is 0 Å². The van der Waals surface area contributed by atoms with Crippen LogP contribution in [-0.4, -0.2) is 34.6 Å². The zero-order chi connectivity index (χ0) is 15.4. The average Bonchev–Trinajstić information content (AvgIpc) is 2.91. The number of anilines is 1. The summed E-state index contributed by atoms with van der Waals surface area (Å²) in [5.74, 6) is -0.607. The number of carbonyl (C=O) groups excluding carboxylic acids is 2. The van der Waals surface area contributed by atoms with Gasteiger partial charge in [0.25, 0.3) is 0 Å². The molecular formula is C14H19N5O2. The van der Waals surface area contributed by atoms with Crippen molar-refractivity contribution in [3.05, 3.63) is 24.4 Å². The molecule has 2 amide bonds. The molecule has 7 heteroatoms. The maximum Gasteiger partial charge on any atom is 0.243 e. The number of H-pyrrole nitrogens is 1. The number of amides is 2. The molecule has 0 aliphatic heterocycles. The molecule has 2 rings (SSSR count). The van der Waals surface area contributed by atoms with Gasteiger partial charge in [-0.05, 0) is 24.1 Å². The van der Waals surface area contributed by atoms with Gasteiger partial charge >= 0.3 is 0 Å². The first-order chi connectivity index (χ1) is 9.97. The molecular weight excluding hydrogens is 270 g/mol. The number of rotatable bonds is 5. The number of carbonyl (C=O) groups is 2. The van der Waals surface area contributed by atoms with Crippen molar-refractivity contribution in [1.82, 2.24) is 15.5 Å². The van der Waals surface area contributed by atoms with Gasteiger partial charge in [-0.15, -0.1) is 0 Å². The van der Waals surface area contributed by atoms with E-state index in [-0.39, 0.29) is 24.3 Å². The molecule has 0 spiro atoms. The van der Waals surface area contributed by atoms with Crippen LogP contribution in [0, 0.1) is 5.92 Å². The van der Waals surface area contributed by atoms with Crippen molar-refractivity contribution >= 4 is 28.4 Å². The molecule has 1 atom stereocenters. The van der Waals surface area contributed by atoms with E-state index in [4.69, 9.17) is 5.73 Å².